The largest absolute Gasteiger partial charge is 0.496 e. The Labute approximate surface area is 549 Å². The predicted molar refractivity (Wildman–Crippen MR) is 335 cm³/mol. The van der Waals surface area contributed by atoms with Gasteiger partial charge in [-0.25, -0.2) is 80.8 Å². The van der Waals surface area contributed by atoms with E-state index in [1.54, 1.807) is 0 Å². The number of benzene rings is 6. The normalized spacial score (nSPS) is 19.7. The third-order valence-electron chi connectivity index (χ3n) is 16.7. The summed E-state index contributed by atoms with van der Waals surface area (Å²) in [6.45, 7) is 0. The molecule has 27 heteroatoms. The fraction of sp³-hybridized carbons (Fsp3) is 0.0972. The second-order valence-electron chi connectivity index (χ2n) is 21.8. The van der Waals surface area contributed by atoms with Crippen molar-refractivity contribution in [2.75, 3.05) is 42.7 Å². The van der Waals surface area contributed by atoms with Gasteiger partial charge < -0.3 is 43.7 Å². The van der Waals surface area contributed by atoms with Crippen molar-refractivity contribution >= 4 is 50.6 Å². The van der Waals surface area contributed by atoms with E-state index in [0.717, 1.165) is 24.3 Å². The van der Waals surface area contributed by atoms with Crippen LogP contribution in [-0.2, 0) is 0 Å². The number of H-pyrrole nitrogens is 2. The molecule has 1 unspecified atom stereocenters. The Bertz CT molecular complexity index is 5240. The van der Waals surface area contributed by atoms with E-state index in [-0.39, 0.29) is 96.1 Å². The lowest BCUT2D eigenvalue weighted by molar-refractivity contribution is 0.376. The number of ether oxygens (including phenoxy) is 6. The fourth-order valence-electron chi connectivity index (χ4n) is 12.3. The van der Waals surface area contributed by atoms with Crippen molar-refractivity contribution < 1.29 is 94.3 Å². The number of aliphatic imine (C=N–C) groups is 3. The monoisotopic (exact) mass is 1370 g/mol. The minimum Gasteiger partial charge on any atom is -0.496 e. The van der Waals surface area contributed by atoms with Gasteiger partial charge in [-0.1, -0.05) is 24.3 Å². The van der Waals surface area contributed by atoms with E-state index in [0.29, 0.717) is 0 Å². The predicted octanol–water partition coefficient (Wildman–Crippen LogP) is 14.5. The van der Waals surface area contributed by atoms with Crippen LogP contribution in [0.15, 0.2) is 165 Å². The third-order valence-corrected chi connectivity index (χ3v) is 16.7. The molecule has 99 heavy (non-hydrogen) atoms. The number of aromatic amines is 2. The molecule has 13 rings (SSSR count). The van der Waals surface area contributed by atoms with Crippen LogP contribution in [0.2, 0.25) is 0 Å². The van der Waals surface area contributed by atoms with Crippen molar-refractivity contribution in [3.05, 3.63) is 293 Å². The summed E-state index contributed by atoms with van der Waals surface area (Å²) in [6.07, 6.45) is 9.60. The number of hydrogen-bond acceptors (Lipinski definition) is 10. The second kappa shape index (κ2) is 25.6. The van der Waals surface area contributed by atoms with E-state index in [1.165, 1.54) is 146 Å². The molecular weight excluding hydrogens is 1330 g/mol. The molecular formula is C72H43F15N6O6. The van der Waals surface area contributed by atoms with Gasteiger partial charge in [0.05, 0.1) is 116 Å². The zero-order chi connectivity index (χ0) is 70.3. The second-order valence-corrected chi connectivity index (χ2v) is 21.8. The van der Waals surface area contributed by atoms with E-state index >= 15 is 65.9 Å². The molecule has 12 bridgehead atoms. The van der Waals surface area contributed by atoms with E-state index in [4.69, 9.17) is 43.4 Å². The van der Waals surface area contributed by atoms with Crippen molar-refractivity contribution in [3.63, 3.8) is 0 Å². The average molecular weight is 1370 g/mol. The standard InChI is InChI=1S/C72H43F15N6O6/c1-94-40-10-7-11-41(95-2)52(40)46-28-16-22-34(88-28)49(55-58(73)64(79)70(85)65(80)59(55)74)36-24-18-30(90-36)47(53-42(96-3)12-8-13-43(53)97-4)32-20-26-38(92-32)51(57-62(77)68(83)72(87)69(84)63(57)78)39-27-21-33(93-39)48(54-44(98-5)14-9-15-45(54)99-6)31-19-25-37(91-31)50(35-23-17-29(46)89-35)56-60(75)66(81)71(86)67(82)61(56)76/h7-28,88,90-91H,1-6H3/b46-29+,47-32+,48-31-,49-34+,50-37-,51-39+. The van der Waals surface area contributed by atoms with Crippen molar-refractivity contribution in [2.24, 2.45) is 15.0 Å². The van der Waals surface area contributed by atoms with Crippen LogP contribution in [0.4, 0.5) is 65.9 Å². The molecule has 3 N–H and O–H groups in total. The van der Waals surface area contributed by atoms with Crippen LogP contribution in [0.1, 0.15) is 44.8 Å². The van der Waals surface area contributed by atoms with Crippen LogP contribution >= 0.6 is 0 Å². The van der Waals surface area contributed by atoms with Crippen molar-refractivity contribution in [1.82, 2.24) is 15.3 Å². The molecule has 5 aliphatic heterocycles. The van der Waals surface area contributed by atoms with Gasteiger partial charge in [0.1, 0.15) is 34.5 Å². The fourth-order valence-corrected chi connectivity index (χ4v) is 12.3. The molecule has 0 aliphatic carbocycles. The molecule has 6 aromatic carbocycles. The molecule has 502 valence electrons. The van der Waals surface area contributed by atoms with Crippen LogP contribution in [0, 0.1) is 87.3 Å². The maximum Gasteiger partial charge on any atom is 0.200 e. The van der Waals surface area contributed by atoms with Gasteiger partial charge in [0, 0.05) is 61.2 Å². The molecule has 0 amide bonds. The number of halogens is 15. The lowest BCUT2D eigenvalue weighted by Gasteiger charge is -2.23. The molecule has 0 saturated heterocycles. The summed E-state index contributed by atoms with van der Waals surface area (Å²) < 4.78 is 276. The molecule has 12 nitrogen and oxygen atoms in total. The summed E-state index contributed by atoms with van der Waals surface area (Å²) >= 11 is 0. The minimum absolute atomic E-state index is 0.00850. The first-order valence-corrected chi connectivity index (χ1v) is 29.2. The van der Waals surface area contributed by atoms with E-state index < -0.39 is 161 Å². The molecule has 0 radical (unpaired) electrons. The van der Waals surface area contributed by atoms with E-state index in [9.17, 15) is 0 Å². The topological polar surface area (TPSA) is 136 Å². The Balaban J connectivity index is 1.24. The lowest BCUT2D eigenvalue weighted by atomic mass is 9.94. The summed E-state index contributed by atoms with van der Waals surface area (Å²) in [6, 6.07) is 16.8. The highest BCUT2D eigenvalue weighted by Crippen LogP contribution is 2.48. The Hall–Kier alpha value is -11.9. The SMILES string of the molecule is COc1cccc(OC)c1/C1=C2\C=CC(=N2)/C(c2c(F)c(F)c(F)c(F)c2F)=C2/C=CC(=N2)/C(c2c(OC)cccc2OC)=c2\cc/c([nH]2)=C(/c2c(F)c(F)c(F)c(F)c2F)C2=N/C(=C(/c3c(OC)cccc3OC)C3C=C/C(=C(\c4c(F)c(F)c(F)c(F)c4F)c4ccc1[nH]4)N3)C=C2. The van der Waals surface area contributed by atoms with Gasteiger partial charge in [0.15, 0.2) is 69.8 Å². The first kappa shape index (κ1) is 65.7. The summed E-state index contributed by atoms with van der Waals surface area (Å²) in [5, 5.41) is 2.47. The van der Waals surface area contributed by atoms with Crippen LogP contribution in [0.3, 0.4) is 0 Å². The number of hydrogen-bond donors (Lipinski definition) is 3. The number of nitrogens with zero attached hydrogens (tertiary/aromatic N) is 3. The highest BCUT2D eigenvalue weighted by Gasteiger charge is 2.39. The zero-order valence-electron chi connectivity index (χ0n) is 51.7. The van der Waals surface area contributed by atoms with Crippen molar-refractivity contribution in [2.45, 2.75) is 6.04 Å². The van der Waals surface area contributed by atoms with Gasteiger partial charge >= 0.3 is 0 Å². The van der Waals surface area contributed by atoms with Gasteiger partial charge in [-0.2, -0.15) is 0 Å². The van der Waals surface area contributed by atoms with Gasteiger partial charge in [-0.15, -0.1) is 0 Å². The Morgan fingerprint density at radius 3 is 1.02 bits per heavy atom. The van der Waals surface area contributed by atoms with Crippen LogP contribution in [-0.4, -0.2) is 75.8 Å². The Morgan fingerprint density at radius 1 is 0.293 bits per heavy atom. The summed E-state index contributed by atoms with van der Waals surface area (Å²) in [4.78, 5) is 20.3. The molecule has 1 atom stereocenters. The number of aromatic nitrogens is 2. The molecule has 7 heterocycles. The smallest absolute Gasteiger partial charge is 0.200 e. The number of methoxy groups -OCH3 is 6. The molecule has 0 fully saturated rings. The van der Waals surface area contributed by atoms with Crippen molar-refractivity contribution in [3.8, 4) is 34.5 Å². The lowest BCUT2D eigenvalue weighted by Crippen LogP contribution is -2.25. The molecule has 8 aromatic rings. The van der Waals surface area contributed by atoms with Crippen LogP contribution < -0.4 is 44.4 Å². The Kier molecular flexibility index (Phi) is 17.0. The van der Waals surface area contributed by atoms with Crippen LogP contribution in [0.5, 0.6) is 34.5 Å². The maximum atomic E-state index is 16.8. The van der Waals surface area contributed by atoms with Gasteiger partial charge in [-0.3, -0.25) is 0 Å². The minimum atomic E-state index is -2.54. The maximum absolute atomic E-state index is 16.8. The first-order chi connectivity index (χ1) is 47.6. The molecule has 5 aliphatic rings. The summed E-state index contributed by atoms with van der Waals surface area (Å²) in [7, 11) is 7.59. The quantitative estimate of drug-likeness (QED) is 0.0630. The van der Waals surface area contributed by atoms with Gasteiger partial charge in [0.2, 0.25) is 17.5 Å². The van der Waals surface area contributed by atoms with Gasteiger partial charge in [0.25, 0.3) is 0 Å². The van der Waals surface area contributed by atoms with E-state index in [1.807, 2.05) is 0 Å². The Morgan fingerprint density at radius 2 is 0.606 bits per heavy atom. The number of rotatable bonds is 12. The number of allylic oxidation sites excluding steroid dienone is 8. The van der Waals surface area contributed by atoms with Crippen molar-refractivity contribution in [1.29, 1.82) is 0 Å². The number of nitrogens with one attached hydrogen (secondary N) is 3. The average Bonchev–Trinajstić information content (AvgIpc) is 1.74. The zero-order valence-corrected chi connectivity index (χ0v) is 51.7. The van der Waals surface area contributed by atoms with Crippen LogP contribution in [0.25, 0.3) is 33.4 Å². The first-order valence-electron chi connectivity index (χ1n) is 29.2. The highest BCUT2D eigenvalue weighted by molar-refractivity contribution is 6.36. The molecule has 2 aromatic heterocycles. The summed E-state index contributed by atoms with van der Waals surface area (Å²) in [5.74, 6) is -35.9. The van der Waals surface area contributed by atoms with Gasteiger partial charge in [-0.05, 0) is 103 Å². The highest BCUT2D eigenvalue weighted by atomic mass is 19.2. The molecule has 0 saturated carbocycles. The third kappa shape index (κ3) is 10.6. The summed E-state index contributed by atoms with van der Waals surface area (Å²) in [5.41, 5.74) is -10.6. The number of fused-ring (bicyclic) bond motifs is 9. The molecule has 0 spiro atoms. The van der Waals surface area contributed by atoms with E-state index in [2.05, 4.69) is 15.3 Å².